The Kier molecular flexibility index (Phi) is 4.29. The van der Waals surface area contributed by atoms with Crippen LogP contribution >= 0.6 is 0 Å². The van der Waals surface area contributed by atoms with E-state index in [1.165, 1.54) is 51.7 Å². The molecule has 0 radical (unpaired) electrons. The first-order valence-electron chi connectivity index (χ1n) is 7.47. The molecular weight excluding hydrogens is 194 g/mol. The third-order valence-corrected chi connectivity index (χ3v) is 4.83. The summed E-state index contributed by atoms with van der Waals surface area (Å²) in [5.41, 5.74) is 0. The highest BCUT2D eigenvalue weighted by molar-refractivity contribution is 4.74. The summed E-state index contributed by atoms with van der Waals surface area (Å²) in [6.07, 6.45) is 7.41. The Morgan fingerprint density at radius 2 is 1.38 bits per heavy atom. The largest absolute Gasteiger partial charge is 0.335 e. The van der Waals surface area contributed by atoms with E-state index in [4.69, 9.17) is 0 Å². The molecule has 2 fully saturated rings. The van der Waals surface area contributed by atoms with Gasteiger partial charge in [0.05, 0.1) is 19.6 Å². The molecule has 0 aromatic carbocycles. The van der Waals surface area contributed by atoms with Gasteiger partial charge in [0.2, 0.25) is 0 Å². The van der Waals surface area contributed by atoms with Gasteiger partial charge in [0.25, 0.3) is 0 Å². The van der Waals surface area contributed by atoms with Crippen molar-refractivity contribution >= 4 is 0 Å². The molecular formula is C15H30N+. The van der Waals surface area contributed by atoms with Crippen LogP contribution in [-0.2, 0) is 0 Å². The van der Waals surface area contributed by atoms with Crippen molar-refractivity contribution in [2.24, 2.45) is 23.7 Å². The molecule has 94 valence electrons. The number of hydrogen-bond acceptors (Lipinski definition) is 0. The monoisotopic (exact) mass is 224 g/mol. The van der Waals surface area contributed by atoms with Crippen LogP contribution in [0.5, 0.6) is 0 Å². The average Bonchev–Trinajstić information content (AvgIpc) is 2.20. The number of nitrogens with one attached hydrogen (secondary N) is 1. The molecule has 1 saturated carbocycles. The van der Waals surface area contributed by atoms with Gasteiger partial charge in [-0.05, 0) is 49.9 Å². The lowest BCUT2D eigenvalue weighted by Crippen LogP contribution is -3.13. The Bertz CT molecular complexity index is 195. The van der Waals surface area contributed by atoms with Gasteiger partial charge in [-0.15, -0.1) is 0 Å². The van der Waals surface area contributed by atoms with Crippen molar-refractivity contribution in [2.45, 2.75) is 52.9 Å². The molecule has 1 aliphatic carbocycles. The minimum atomic E-state index is 0.983. The molecule has 2 atom stereocenters. The molecule has 1 heteroatoms. The summed E-state index contributed by atoms with van der Waals surface area (Å²) in [7, 11) is 0. The smallest absolute Gasteiger partial charge is 0.0799 e. The van der Waals surface area contributed by atoms with E-state index < -0.39 is 0 Å². The summed E-state index contributed by atoms with van der Waals surface area (Å²) in [4.78, 5) is 1.91. The number of likely N-dealkylation sites (tertiary alicyclic amines) is 1. The number of piperidine rings is 1. The third kappa shape index (κ3) is 3.48. The molecule has 0 amide bonds. The molecule has 2 aliphatic rings. The van der Waals surface area contributed by atoms with E-state index in [1.54, 1.807) is 0 Å². The van der Waals surface area contributed by atoms with Gasteiger partial charge in [-0.2, -0.15) is 0 Å². The van der Waals surface area contributed by atoms with E-state index >= 15 is 0 Å². The highest BCUT2D eigenvalue weighted by atomic mass is 15.1. The Labute approximate surface area is 102 Å². The van der Waals surface area contributed by atoms with Crippen molar-refractivity contribution in [3.63, 3.8) is 0 Å². The van der Waals surface area contributed by atoms with Gasteiger partial charge in [0.1, 0.15) is 0 Å². The van der Waals surface area contributed by atoms with E-state index in [-0.39, 0.29) is 0 Å². The lowest BCUT2D eigenvalue weighted by Gasteiger charge is -2.35. The maximum absolute atomic E-state index is 2.45. The van der Waals surface area contributed by atoms with Gasteiger partial charge < -0.3 is 4.90 Å². The molecule has 2 unspecified atom stereocenters. The van der Waals surface area contributed by atoms with Gasteiger partial charge in [-0.25, -0.2) is 0 Å². The van der Waals surface area contributed by atoms with Crippen LogP contribution in [0.15, 0.2) is 0 Å². The van der Waals surface area contributed by atoms with E-state index in [0.717, 1.165) is 23.7 Å². The molecule has 1 N–H and O–H groups in total. The molecule has 1 saturated heterocycles. The lowest BCUT2D eigenvalue weighted by molar-refractivity contribution is -0.909. The Balaban J connectivity index is 1.76. The summed E-state index contributed by atoms with van der Waals surface area (Å²) in [5.74, 6) is 3.99. The van der Waals surface area contributed by atoms with Crippen molar-refractivity contribution in [3.8, 4) is 0 Å². The SMILES string of the molecule is CC1CC[NH+](CC2CC(C)CC(C)C2)CC1. The molecule has 16 heavy (non-hydrogen) atoms. The molecule has 0 bridgehead atoms. The van der Waals surface area contributed by atoms with E-state index in [0.29, 0.717) is 0 Å². The summed E-state index contributed by atoms with van der Waals surface area (Å²) in [6, 6.07) is 0. The lowest BCUT2D eigenvalue weighted by atomic mass is 9.76. The summed E-state index contributed by atoms with van der Waals surface area (Å²) in [5, 5.41) is 0. The molecule has 1 nitrogen and oxygen atoms in total. The first kappa shape index (κ1) is 12.4. The van der Waals surface area contributed by atoms with Crippen LogP contribution in [0.25, 0.3) is 0 Å². The maximum Gasteiger partial charge on any atom is 0.0799 e. The highest BCUT2D eigenvalue weighted by Gasteiger charge is 2.28. The fraction of sp³-hybridized carbons (Fsp3) is 1.00. The first-order chi connectivity index (χ1) is 7.63. The van der Waals surface area contributed by atoms with Crippen LogP contribution in [0.1, 0.15) is 52.9 Å². The van der Waals surface area contributed by atoms with Crippen molar-refractivity contribution < 1.29 is 4.90 Å². The predicted molar refractivity (Wildman–Crippen MR) is 69.6 cm³/mol. The minimum Gasteiger partial charge on any atom is -0.335 e. The number of quaternary nitrogens is 1. The quantitative estimate of drug-likeness (QED) is 0.734. The zero-order valence-corrected chi connectivity index (χ0v) is 11.5. The van der Waals surface area contributed by atoms with Gasteiger partial charge in [-0.1, -0.05) is 20.8 Å². The molecule has 1 aliphatic heterocycles. The second-order valence-corrected chi connectivity index (χ2v) is 6.92. The molecule has 0 aromatic heterocycles. The normalized spacial score (nSPS) is 45.6. The zero-order valence-electron chi connectivity index (χ0n) is 11.5. The van der Waals surface area contributed by atoms with Crippen LogP contribution in [0, 0.1) is 23.7 Å². The van der Waals surface area contributed by atoms with E-state index in [9.17, 15) is 0 Å². The summed E-state index contributed by atoms with van der Waals surface area (Å²) in [6.45, 7) is 11.7. The van der Waals surface area contributed by atoms with Gasteiger partial charge >= 0.3 is 0 Å². The van der Waals surface area contributed by atoms with Crippen LogP contribution in [0.4, 0.5) is 0 Å². The van der Waals surface area contributed by atoms with Crippen molar-refractivity contribution in [1.82, 2.24) is 0 Å². The van der Waals surface area contributed by atoms with Crippen LogP contribution in [0.3, 0.4) is 0 Å². The predicted octanol–water partition coefficient (Wildman–Crippen LogP) is 2.37. The van der Waals surface area contributed by atoms with Gasteiger partial charge in [0.15, 0.2) is 0 Å². The summed E-state index contributed by atoms with van der Waals surface area (Å²) < 4.78 is 0. The van der Waals surface area contributed by atoms with Gasteiger partial charge in [0, 0.05) is 5.92 Å². The third-order valence-electron chi connectivity index (χ3n) is 4.83. The summed E-state index contributed by atoms with van der Waals surface area (Å²) >= 11 is 0. The Hall–Kier alpha value is -0.0400. The standard InChI is InChI=1S/C15H29N/c1-12-4-6-16(7-5-12)11-15-9-13(2)8-14(3)10-15/h12-15H,4-11H2,1-3H3/p+1. The fourth-order valence-electron chi connectivity index (χ4n) is 4.06. The average molecular weight is 224 g/mol. The molecule has 1 heterocycles. The minimum absolute atomic E-state index is 0.983. The second kappa shape index (κ2) is 5.53. The van der Waals surface area contributed by atoms with Crippen LogP contribution in [-0.4, -0.2) is 19.6 Å². The Morgan fingerprint density at radius 3 is 1.94 bits per heavy atom. The van der Waals surface area contributed by atoms with E-state index in [2.05, 4.69) is 20.8 Å². The number of rotatable bonds is 2. The molecule has 0 spiro atoms. The zero-order chi connectivity index (χ0) is 11.5. The molecule has 0 aromatic rings. The van der Waals surface area contributed by atoms with Crippen molar-refractivity contribution in [2.75, 3.05) is 19.6 Å². The van der Waals surface area contributed by atoms with E-state index in [1.807, 2.05) is 4.90 Å². The van der Waals surface area contributed by atoms with Crippen molar-refractivity contribution in [3.05, 3.63) is 0 Å². The van der Waals surface area contributed by atoms with Crippen molar-refractivity contribution in [1.29, 1.82) is 0 Å². The number of hydrogen-bond donors (Lipinski definition) is 1. The first-order valence-corrected chi connectivity index (χ1v) is 7.47. The van der Waals surface area contributed by atoms with Crippen LogP contribution < -0.4 is 4.90 Å². The fourth-order valence-corrected chi connectivity index (χ4v) is 4.06. The second-order valence-electron chi connectivity index (χ2n) is 6.92. The maximum atomic E-state index is 2.45. The van der Waals surface area contributed by atoms with Gasteiger partial charge in [-0.3, -0.25) is 0 Å². The molecule has 2 rings (SSSR count). The topological polar surface area (TPSA) is 4.44 Å². The van der Waals surface area contributed by atoms with Crippen LogP contribution in [0.2, 0.25) is 0 Å². The Morgan fingerprint density at radius 1 is 0.812 bits per heavy atom. The highest BCUT2D eigenvalue weighted by Crippen LogP contribution is 2.32.